The maximum absolute atomic E-state index is 12.5. The minimum Gasteiger partial charge on any atom is -0.497 e. The van der Waals surface area contributed by atoms with E-state index in [9.17, 15) is 14.7 Å². The molecule has 0 bridgehead atoms. The molecule has 1 fully saturated rings. The van der Waals surface area contributed by atoms with Crippen molar-refractivity contribution in [3.05, 3.63) is 23.8 Å². The van der Waals surface area contributed by atoms with Gasteiger partial charge in [-0.05, 0) is 36.6 Å². The summed E-state index contributed by atoms with van der Waals surface area (Å²) in [6.07, 6.45) is 1.19. The van der Waals surface area contributed by atoms with E-state index in [1.165, 1.54) is 7.11 Å². The van der Waals surface area contributed by atoms with Crippen molar-refractivity contribution in [2.75, 3.05) is 41.0 Å². The summed E-state index contributed by atoms with van der Waals surface area (Å²) >= 11 is 0. The van der Waals surface area contributed by atoms with Crippen molar-refractivity contribution in [3.63, 3.8) is 0 Å². The van der Waals surface area contributed by atoms with Crippen molar-refractivity contribution >= 4 is 11.9 Å². The van der Waals surface area contributed by atoms with Crippen LogP contribution in [0.1, 0.15) is 18.4 Å². The van der Waals surface area contributed by atoms with Crippen molar-refractivity contribution in [1.29, 1.82) is 0 Å². The third-order valence-corrected chi connectivity index (χ3v) is 4.68. The number of aryl methyl sites for hydroxylation is 1. The van der Waals surface area contributed by atoms with E-state index in [1.807, 2.05) is 12.1 Å². The molecule has 1 heterocycles. The van der Waals surface area contributed by atoms with Crippen LogP contribution in [0, 0.1) is 5.41 Å². The summed E-state index contributed by atoms with van der Waals surface area (Å²) in [6, 6.07) is 5.46. The molecule has 0 saturated carbocycles. The van der Waals surface area contributed by atoms with Crippen LogP contribution in [0.2, 0.25) is 0 Å². The van der Waals surface area contributed by atoms with Crippen LogP contribution in [0.4, 0.5) is 0 Å². The number of aliphatic carboxylic acids is 1. The zero-order valence-corrected chi connectivity index (χ0v) is 14.9. The molecule has 138 valence electrons. The lowest BCUT2D eigenvalue weighted by Gasteiger charge is -2.24. The number of carboxylic acid groups (broad SMARTS) is 1. The summed E-state index contributed by atoms with van der Waals surface area (Å²) in [5.74, 6) is 0.423. The van der Waals surface area contributed by atoms with Gasteiger partial charge < -0.3 is 24.2 Å². The molecule has 0 radical (unpaired) electrons. The summed E-state index contributed by atoms with van der Waals surface area (Å²) in [5, 5.41) is 9.48. The quantitative estimate of drug-likeness (QED) is 0.765. The summed E-state index contributed by atoms with van der Waals surface area (Å²) in [6.45, 7) is 0.726. The molecule has 1 saturated heterocycles. The van der Waals surface area contributed by atoms with Crippen molar-refractivity contribution < 1.29 is 28.9 Å². The second-order valence-electron chi connectivity index (χ2n) is 6.26. The van der Waals surface area contributed by atoms with Crippen LogP contribution in [-0.2, 0) is 20.7 Å². The Balaban J connectivity index is 2.01. The van der Waals surface area contributed by atoms with Gasteiger partial charge in [0.25, 0.3) is 0 Å². The van der Waals surface area contributed by atoms with Crippen molar-refractivity contribution in [2.24, 2.45) is 5.41 Å². The van der Waals surface area contributed by atoms with Gasteiger partial charge in [-0.1, -0.05) is 0 Å². The Morgan fingerprint density at radius 3 is 2.60 bits per heavy atom. The Morgan fingerprint density at radius 1 is 1.24 bits per heavy atom. The van der Waals surface area contributed by atoms with Crippen LogP contribution in [0.5, 0.6) is 11.5 Å². The minimum atomic E-state index is -1.00. The molecule has 1 N–H and O–H groups in total. The first-order valence-electron chi connectivity index (χ1n) is 8.17. The average Bonchev–Trinajstić information content (AvgIpc) is 3.05. The lowest BCUT2D eigenvalue weighted by molar-refractivity contribution is -0.151. The standard InChI is InChI=1S/C18H25NO6/c1-23-12-18(17(21)22)8-9-19(11-18)16(20)7-4-13-10-14(24-2)5-6-15(13)25-3/h5-6,10H,4,7-9,11-12H2,1-3H3,(H,21,22). The average molecular weight is 351 g/mol. The number of likely N-dealkylation sites (tertiary alicyclic amines) is 1. The van der Waals surface area contributed by atoms with E-state index in [-0.39, 0.29) is 25.5 Å². The van der Waals surface area contributed by atoms with Gasteiger partial charge in [0, 0.05) is 26.6 Å². The number of amides is 1. The van der Waals surface area contributed by atoms with Gasteiger partial charge in [-0.25, -0.2) is 0 Å². The van der Waals surface area contributed by atoms with Crippen LogP contribution >= 0.6 is 0 Å². The second kappa shape index (κ2) is 8.20. The number of nitrogens with zero attached hydrogens (tertiary/aromatic N) is 1. The summed E-state index contributed by atoms with van der Waals surface area (Å²) in [5.41, 5.74) is -0.117. The first kappa shape index (κ1) is 19.1. The molecule has 2 rings (SSSR count). The van der Waals surface area contributed by atoms with Crippen LogP contribution in [0.25, 0.3) is 0 Å². The highest BCUT2D eigenvalue weighted by Gasteiger charge is 2.46. The number of hydrogen-bond acceptors (Lipinski definition) is 5. The van der Waals surface area contributed by atoms with Crippen molar-refractivity contribution in [1.82, 2.24) is 4.90 Å². The van der Waals surface area contributed by atoms with Crippen LogP contribution in [-0.4, -0.2) is 62.9 Å². The first-order chi connectivity index (χ1) is 12.0. The summed E-state index contributed by atoms with van der Waals surface area (Å²) in [4.78, 5) is 25.7. The van der Waals surface area contributed by atoms with Gasteiger partial charge in [-0.15, -0.1) is 0 Å². The maximum atomic E-state index is 12.5. The van der Waals surface area contributed by atoms with E-state index in [2.05, 4.69) is 0 Å². The van der Waals surface area contributed by atoms with Crippen LogP contribution < -0.4 is 9.47 Å². The third-order valence-electron chi connectivity index (χ3n) is 4.68. The number of hydrogen-bond donors (Lipinski definition) is 1. The zero-order valence-electron chi connectivity index (χ0n) is 14.9. The molecule has 1 aromatic rings. The largest absolute Gasteiger partial charge is 0.497 e. The molecule has 7 nitrogen and oxygen atoms in total. The van der Waals surface area contributed by atoms with Crippen molar-refractivity contribution in [2.45, 2.75) is 19.3 Å². The van der Waals surface area contributed by atoms with E-state index in [0.717, 1.165) is 5.56 Å². The summed E-state index contributed by atoms with van der Waals surface area (Å²) in [7, 11) is 4.64. The van der Waals surface area contributed by atoms with Crippen LogP contribution in [0.15, 0.2) is 18.2 Å². The normalized spacial score (nSPS) is 19.7. The molecule has 1 amide bonds. The Bertz CT molecular complexity index is 632. The molecule has 1 atom stereocenters. The van der Waals surface area contributed by atoms with E-state index >= 15 is 0 Å². The molecule has 0 aromatic heterocycles. The molecule has 0 aliphatic carbocycles. The number of carbonyl (C=O) groups excluding carboxylic acids is 1. The highest BCUT2D eigenvalue weighted by atomic mass is 16.5. The second-order valence-corrected chi connectivity index (χ2v) is 6.26. The van der Waals surface area contributed by atoms with Gasteiger partial charge in [0.1, 0.15) is 16.9 Å². The number of ether oxygens (including phenoxy) is 3. The summed E-state index contributed by atoms with van der Waals surface area (Å²) < 4.78 is 15.6. The molecule has 1 unspecified atom stereocenters. The smallest absolute Gasteiger partial charge is 0.313 e. The number of carboxylic acids is 1. The third kappa shape index (κ3) is 4.22. The zero-order chi connectivity index (χ0) is 18.4. The van der Waals surface area contributed by atoms with E-state index in [1.54, 1.807) is 25.2 Å². The Morgan fingerprint density at radius 2 is 2.00 bits per heavy atom. The number of carbonyl (C=O) groups is 2. The predicted octanol–water partition coefficient (Wildman–Crippen LogP) is 1.59. The van der Waals surface area contributed by atoms with E-state index < -0.39 is 11.4 Å². The van der Waals surface area contributed by atoms with Gasteiger partial charge in [0.05, 0.1) is 20.8 Å². The molecule has 0 spiro atoms. The maximum Gasteiger partial charge on any atom is 0.313 e. The first-order valence-corrected chi connectivity index (χ1v) is 8.17. The van der Waals surface area contributed by atoms with Crippen LogP contribution in [0.3, 0.4) is 0 Å². The molecule has 1 aliphatic rings. The molecular weight excluding hydrogens is 326 g/mol. The van der Waals surface area contributed by atoms with E-state index in [0.29, 0.717) is 30.9 Å². The Labute approximate surface area is 147 Å². The number of benzene rings is 1. The van der Waals surface area contributed by atoms with Gasteiger partial charge in [0.15, 0.2) is 0 Å². The van der Waals surface area contributed by atoms with Gasteiger partial charge in [0.2, 0.25) is 5.91 Å². The van der Waals surface area contributed by atoms with Gasteiger partial charge in [-0.2, -0.15) is 0 Å². The molecule has 1 aromatic carbocycles. The fourth-order valence-corrected chi connectivity index (χ4v) is 3.19. The highest BCUT2D eigenvalue weighted by Crippen LogP contribution is 2.32. The van der Waals surface area contributed by atoms with Crippen molar-refractivity contribution in [3.8, 4) is 11.5 Å². The molecule has 25 heavy (non-hydrogen) atoms. The van der Waals surface area contributed by atoms with Gasteiger partial charge >= 0.3 is 5.97 Å². The topological polar surface area (TPSA) is 85.3 Å². The fourth-order valence-electron chi connectivity index (χ4n) is 3.19. The predicted molar refractivity (Wildman–Crippen MR) is 91.0 cm³/mol. The molecule has 7 heteroatoms. The number of rotatable bonds is 8. The highest BCUT2D eigenvalue weighted by molar-refractivity contribution is 5.81. The lowest BCUT2D eigenvalue weighted by atomic mass is 9.88. The fraction of sp³-hybridized carbons (Fsp3) is 0.556. The minimum absolute atomic E-state index is 0.0656. The molecular formula is C18H25NO6. The Hall–Kier alpha value is -2.28. The lowest BCUT2D eigenvalue weighted by Crippen LogP contribution is -2.40. The van der Waals surface area contributed by atoms with E-state index in [4.69, 9.17) is 14.2 Å². The van der Waals surface area contributed by atoms with Gasteiger partial charge in [-0.3, -0.25) is 9.59 Å². The SMILES string of the molecule is COCC1(C(=O)O)CCN(C(=O)CCc2cc(OC)ccc2OC)C1. The Kier molecular flexibility index (Phi) is 6.25. The monoisotopic (exact) mass is 351 g/mol. The molecule has 1 aliphatic heterocycles. The number of methoxy groups -OCH3 is 3.